The van der Waals surface area contributed by atoms with Gasteiger partial charge in [-0.05, 0) is 30.6 Å². The summed E-state index contributed by atoms with van der Waals surface area (Å²) in [5, 5.41) is 2.16. The molecule has 0 aliphatic heterocycles. The van der Waals surface area contributed by atoms with Gasteiger partial charge in [-0.1, -0.05) is 19.1 Å². The van der Waals surface area contributed by atoms with Crippen molar-refractivity contribution in [2.24, 2.45) is 0 Å². The second-order valence-corrected chi connectivity index (χ2v) is 3.31. The van der Waals surface area contributed by atoms with Crippen LogP contribution in [-0.4, -0.2) is 0 Å². The van der Waals surface area contributed by atoms with E-state index in [1.165, 1.54) is 5.57 Å². The second-order valence-electron chi connectivity index (χ2n) is 2.14. The quantitative estimate of drug-likeness (QED) is 0.580. The Kier molecular flexibility index (Phi) is 4.60. The van der Waals surface area contributed by atoms with Gasteiger partial charge in [0, 0.05) is 0 Å². The van der Waals surface area contributed by atoms with Crippen LogP contribution in [0.4, 0.5) is 0 Å². The molecule has 0 N–H and O–H groups in total. The van der Waals surface area contributed by atoms with Crippen molar-refractivity contribution < 1.29 is 0 Å². The van der Waals surface area contributed by atoms with Crippen LogP contribution in [0.2, 0.25) is 0 Å². The first-order valence-electron chi connectivity index (χ1n) is 3.14. The van der Waals surface area contributed by atoms with E-state index in [1.54, 1.807) is 11.8 Å². The lowest BCUT2D eigenvalue weighted by Gasteiger charge is -1.93. The molecule has 0 saturated heterocycles. The molecule has 0 spiro atoms. The van der Waals surface area contributed by atoms with Gasteiger partial charge in [-0.2, -0.15) is 0 Å². The number of rotatable bonds is 3. The van der Waals surface area contributed by atoms with Gasteiger partial charge < -0.3 is 0 Å². The zero-order chi connectivity index (χ0) is 7.28. The van der Waals surface area contributed by atoms with Gasteiger partial charge in [-0.15, -0.1) is 11.8 Å². The average molecular weight is 142 g/mol. The second kappa shape index (κ2) is 4.68. The van der Waals surface area contributed by atoms with E-state index < -0.39 is 0 Å². The van der Waals surface area contributed by atoms with Crippen molar-refractivity contribution in [1.82, 2.24) is 0 Å². The summed E-state index contributed by atoms with van der Waals surface area (Å²) in [6.07, 6.45) is 1.14. The maximum Gasteiger partial charge on any atom is -0.0211 e. The summed E-state index contributed by atoms with van der Waals surface area (Å²) >= 11 is 1.71. The predicted molar refractivity (Wildman–Crippen MR) is 46.5 cm³/mol. The molecule has 0 nitrogen and oxygen atoms in total. The summed E-state index contributed by atoms with van der Waals surface area (Å²) < 4.78 is 0. The highest BCUT2D eigenvalue weighted by atomic mass is 32.2. The highest BCUT2D eigenvalue weighted by Gasteiger charge is 1.83. The van der Waals surface area contributed by atoms with Gasteiger partial charge in [0.25, 0.3) is 0 Å². The molecule has 0 aromatic rings. The lowest BCUT2D eigenvalue weighted by Crippen LogP contribution is -1.66. The van der Waals surface area contributed by atoms with Crippen molar-refractivity contribution in [2.75, 3.05) is 0 Å². The number of hydrogen-bond donors (Lipinski definition) is 0. The van der Waals surface area contributed by atoms with Crippen LogP contribution in [0.15, 0.2) is 22.5 Å². The minimum Gasteiger partial charge on any atom is -0.104 e. The van der Waals surface area contributed by atoms with Gasteiger partial charge in [0.15, 0.2) is 0 Å². The molecule has 0 aliphatic rings. The van der Waals surface area contributed by atoms with E-state index in [1.807, 2.05) is 6.92 Å². The third kappa shape index (κ3) is 5.71. The summed E-state index contributed by atoms with van der Waals surface area (Å²) in [5.41, 5.74) is 1.42. The first-order valence-corrected chi connectivity index (χ1v) is 4.02. The van der Waals surface area contributed by atoms with E-state index in [-0.39, 0.29) is 0 Å². The molecule has 0 heterocycles. The molecule has 1 heteroatoms. The van der Waals surface area contributed by atoms with Crippen molar-refractivity contribution in [1.29, 1.82) is 0 Å². The van der Waals surface area contributed by atoms with E-state index in [9.17, 15) is 0 Å². The highest BCUT2D eigenvalue weighted by Crippen LogP contribution is 2.16. The lowest BCUT2D eigenvalue weighted by atomic mass is 10.3. The predicted octanol–water partition coefficient (Wildman–Crippen LogP) is 3.57. The number of hydrogen-bond acceptors (Lipinski definition) is 1. The Labute approximate surface area is 62.0 Å². The van der Waals surface area contributed by atoms with Crippen LogP contribution in [0.1, 0.15) is 27.2 Å². The van der Waals surface area contributed by atoms with Crippen LogP contribution in [0.5, 0.6) is 0 Å². The Bertz CT molecular complexity index is 123. The molecule has 0 fully saturated rings. The van der Waals surface area contributed by atoms with Crippen molar-refractivity contribution in [3.05, 3.63) is 22.5 Å². The molecule has 9 heavy (non-hydrogen) atoms. The summed E-state index contributed by atoms with van der Waals surface area (Å²) in [6, 6.07) is 0. The molecule has 0 saturated carbocycles. The molecule has 0 amide bonds. The molecule has 52 valence electrons. The Morgan fingerprint density at radius 1 is 1.56 bits per heavy atom. The fourth-order valence-corrected chi connectivity index (χ4v) is 0.854. The maximum atomic E-state index is 3.78. The van der Waals surface area contributed by atoms with Gasteiger partial charge in [0.05, 0.1) is 0 Å². The van der Waals surface area contributed by atoms with E-state index >= 15 is 0 Å². The minimum atomic E-state index is 1.14. The van der Waals surface area contributed by atoms with Gasteiger partial charge >= 0.3 is 0 Å². The van der Waals surface area contributed by atoms with Crippen LogP contribution in [0, 0.1) is 0 Å². The molecule has 0 aromatic carbocycles. The largest absolute Gasteiger partial charge is 0.104 e. The van der Waals surface area contributed by atoms with Gasteiger partial charge in [0.2, 0.25) is 0 Å². The lowest BCUT2D eigenvalue weighted by molar-refractivity contribution is 1.11. The normalized spacial score (nSPS) is 11.7. The number of allylic oxidation sites excluding steroid dienone is 2. The molecule has 0 radical (unpaired) electrons. The van der Waals surface area contributed by atoms with Crippen molar-refractivity contribution >= 4 is 11.8 Å². The van der Waals surface area contributed by atoms with Crippen LogP contribution >= 0.6 is 11.8 Å². The van der Waals surface area contributed by atoms with Crippen LogP contribution in [0.3, 0.4) is 0 Å². The first kappa shape index (κ1) is 8.83. The minimum absolute atomic E-state index is 1.14. The summed E-state index contributed by atoms with van der Waals surface area (Å²) in [5.74, 6) is 0. The Morgan fingerprint density at radius 2 is 2.11 bits per heavy atom. The fourth-order valence-electron chi connectivity index (χ4n) is 0.285. The monoisotopic (exact) mass is 142 g/mol. The molecule has 0 atom stereocenters. The van der Waals surface area contributed by atoms with Crippen LogP contribution < -0.4 is 0 Å². The zero-order valence-electron chi connectivity index (χ0n) is 6.40. The van der Waals surface area contributed by atoms with Gasteiger partial charge in [-0.25, -0.2) is 0 Å². The Hall–Kier alpha value is -0.170. The van der Waals surface area contributed by atoms with Crippen molar-refractivity contribution in [3.8, 4) is 0 Å². The summed E-state index contributed by atoms with van der Waals surface area (Å²) in [4.78, 5) is 1.16. The van der Waals surface area contributed by atoms with Crippen molar-refractivity contribution in [3.63, 3.8) is 0 Å². The third-order valence-electron chi connectivity index (χ3n) is 1.02. The molecule has 0 rings (SSSR count). The van der Waals surface area contributed by atoms with Crippen molar-refractivity contribution in [2.45, 2.75) is 27.2 Å². The number of thioether (sulfide) groups is 1. The SMILES string of the molecule is C=C(C)SC=C(C)CC. The van der Waals surface area contributed by atoms with Crippen LogP contribution in [0.25, 0.3) is 0 Å². The fraction of sp³-hybridized carbons (Fsp3) is 0.500. The van der Waals surface area contributed by atoms with Gasteiger partial charge in [-0.3, -0.25) is 0 Å². The molecule has 0 aromatic heterocycles. The van der Waals surface area contributed by atoms with E-state index in [2.05, 4.69) is 25.8 Å². The molecular weight excluding hydrogens is 128 g/mol. The Balaban J connectivity index is 3.56. The molecular formula is C8H14S. The standard InChI is InChI=1S/C8H14S/c1-5-8(4)6-9-7(2)3/h6H,2,5H2,1,3-4H3. The Morgan fingerprint density at radius 3 is 2.44 bits per heavy atom. The molecule has 0 bridgehead atoms. The van der Waals surface area contributed by atoms with Gasteiger partial charge in [0.1, 0.15) is 0 Å². The average Bonchev–Trinajstić information content (AvgIpc) is 1.83. The third-order valence-corrected chi connectivity index (χ3v) is 1.94. The van der Waals surface area contributed by atoms with E-state index in [4.69, 9.17) is 0 Å². The smallest absolute Gasteiger partial charge is 0.0211 e. The van der Waals surface area contributed by atoms with Crippen LogP contribution in [-0.2, 0) is 0 Å². The van der Waals surface area contributed by atoms with E-state index in [0.29, 0.717) is 0 Å². The maximum absolute atomic E-state index is 3.78. The summed E-state index contributed by atoms with van der Waals surface area (Å²) in [6.45, 7) is 10.1. The first-order chi connectivity index (χ1) is 4.16. The van der Waals surface area contributed by atoms with E-state index in [0.717, 1.165) is 11.3 Å². The molecule has 0 aliphatic carbocycles. The topological polar surface area (TPSA) is 0 Å². The zero-order valence-corrected chi connectivity index (χ0v) is 7.22. The molecule has 0 unspecified atom stereocenters. The highest BCUT2D eigenvalue weighted by molar-refractivity contribution is 8.05. The summed E-state index contributed by atoms with van der Waals surface area (Å²) in [7, 11) is 0.